The van der Waals surface area contributed by atoms with E-state index in [9.17, 15) is 13.6 Å². The Morgan fingerprint density at radius 3 is 2.50 bits per heavy atom. The van der Waals surface area contributed by atoms with Gasteiger partial charge in [0.05, 0.1) is 0 Å². The van der Waals surface area contributed by atoms with Gasteiger partial charge in [-0.1, -0.05) is 17.7 Å². The van der Waals surface area contributed by atoms with Crippen molar-refractivity contribution in [3.63, 3.8) is 0 Å². The minimum atomic E-state index is -1.02. The number of carbonyl (C=O) groups is 1. The molecule has 2 aromatic carbocycles. The van der Waals surface area contributed by atoms with Gasteiger partial charge in [-0.25, -0.2) is 13.8 Å². The Morgan fingerprint density at radius 1 is 0.962 bits per heavy atom. The maximum absolute atomic E-state index is 13.3. The minimum Gasteiger partial charge on any atom is -0.340 e. The molecule has 0 bridgehead atoms. The average molecular weight is 353 g/mol. The van der Waals surface area contributed by atoms with Crippen molar-refractivity contribution in [1.29, 1.82) is 0 Å². The van der Waals surface area contributed by atoms with Crippen molar-refractivity contribution in [2.45, 2.75) is 13.8 Å². The molecule has 1 amide bonds. The Morgan fingerprint density at radius 2 is 1.77 bits per heavy atom. The van der Waals surface area contributed by atoms with Crippen molar-refractivity contribution in [3.8, 4) is 0 Å². The van der Waals surface area contributed by atoms with Gasteiger partial charge in [0, 0.05) is 29.2 Å². The highest BCUT2D eigenvalue weighted by molar-refractivity contribution is 6.04. The first-order valence-electron chi connectivity index (χ1n) is 7.99. The van der Waals surface area contributed by atoms with Gasteiger partial charge < -0.3 is 10.6 Å². The van der Waals surface area contributed by atoms with Crippen molar-refractivity contribution in [3.05, 3.63) is 83.1 Å². The molecule has 2 N–H and O–H groups in total. The number of nitrogens with zero attached hydrogens (tertiary/aromatic N) is 1. The van der Waals surface area contributed by atoms with Gasteiger partial charge >= 0.3 is 0 Å². The Balaban J connectivity index is 1.77. The SMILES string of the molecule is Cc1ccc(Nc2cc(C(=O)Nc3ccc(F)c(F)c3)ccn2)c(C)c1. The van der Waals surface area contributed by atoms with Crippen molar-refractivity contribution in [2.24, 2.45) is 0 Å². The summed E-state index contributed by atoms with van der Waals surface area (Å²) in [4.78, 5) is 16.6. The van der Waals surface area contributed by atoms with E-state index in [-0.39, 0.29) is 5.69 Å². The van der Waals surface area contributed by atoms with Gasteiger partial charge in [0.1, 0.15) is 5.82 Å². The van der Waals surface area contributed by atoms with Crippen LogP contribution in [-0.4, -0.2) is 10.9 Å². The Labute approximate surface area is 149 Å². The van der Waals surface area contributed by atoms with Crippen molar-refractivity contribution < 1.29 is 13.6 Å². The third-order valence-corrected chi connectivity index (χ3v) is 3.84. The molecule has 3 rings (SSSR count). The lowest BCUT2D eigenvalue weighted by Gasteiger charge is -2.11. The van der Waals surface area contributed by atoms with E-state index in [0.717, 1.165) is 28.9 Å². The number of hydrogen-bond acceptors (Lipinski definition) is 3. The normalized spacial score (nSPS) is 10.5. The number of nitrogens with one attached hydrogen (secondary N) is 2. The second-order valence-electron chi connectivity index (χ2n) is 5.96. The number of amides is 1. The zero-order chi connectivity index (χ0) is 18.7. The lowest BCUT2D eigenvalue weighted by atomic mass is 10.1. The van der Waals surface area contributed by atoms with Crippen LogP contribution in [0, 0.1) is 25.5 Å². The van der Waals surface area contributed by atoms with E-state index in [0.29, 0.717) is 11.4 Å². The second-order valence-corrected chi connectivity index (χ2v) is 5.96. The van der Waals surface area contributed by atoms with Crippen LogP contribution in [-0.2, 0) is 0 Å². The number of benzene rings is 2. The highest BCUT2D eigenvalue weighted by atomic mass is 19.2. The van der Waals surface area contributed by atoms with Gasteiger partial charge in [0.15, 0.2) is 11.6 Å². The summed E-state index contributed by atoms with van der Waals surface area (Å²) in [5, 5.41) is 5.71. The first kappa shape index (κ1) is 17.5. The molecule has 3 aromatic rings. The van der Waals surface area contributed by atoms with Crippen molar-refractivity contribution >= 4 is 23.1 Å². The lowest BCUT2D eigenvalue weighted by Crippen LogP contribution is -2.12. The van der Waals surface area contributed by atoms with Crippen LogP contribution in [0.25, 0.3) is 0 Å². The molecule has 26 heavy (non-hydrogen) atoms. The fraction of sp³-hybridized carbons (Fsp3) is 0.100. The maximum atomic E-state index is 13.3. The van der Waals surface area contributed by atoms with Crippen LogP contribution in [0.1, 0.15) is 21.5 Å². The number of carbonyl (C=O) groups excluding carboxylic acids is 1. The Hall–Kier alpha value is -3.28. The van der Waals surface area contributed by atoms with Crippen molar-refractivity contribution in [1.82, 2.24) is 4.98 Å². The number of anilines is 3. The molecule has 0 atom stereocenters. The smallest absolute Gasteiger partial charge is 0.255 e. The molecule has 0 unspecified atom stereocenters. The van der Waals surface area contributed by atoms with Gasteiger partial charge in [-0.2, -0.15) is 0 Å². The van der Waals surface area contributed by atoms with Crippen molar-refractivity contribution in [2.75, 3.05) is 10.6 Å². The zero-order valence-electron chi connectivity index (χ0n) is 14.3. The third kappa shape index (κ3) is 4.03. The molecule has 1 heterocycles. The summed E-state index contributed by atoms with van der Waals surface area (Å²) >= 11 is 0. The molecule has 0 aliphatic heterocycles. The van der Waals surface area contributed by atoms with E-state index in [1.54, 1.807) is 12.1 Å². The number of aromatic nitrogens is 1. The summed E-state index contributed by atoms with van der Waals surface area (Å²) < 4.78 is 26.2. The minimum absolute atomic E-state index is 0.176. The van der Waals surface area contributed by atoms with Gasteiger partial charge in [-0.15, -0.1) is 0 Å². The first-order valence-corrected chi connectivity index (χ1v) is 7.99. The van der Waals surface area contributed by atoms with E-state index in [4.69, 9.17) is 0 Å². The van der Waals surface area contributed by atoms with Gasteiger partial charge in [-0.3, -0.25) is 4.79 Å². The predicted molar refractivity (Wildman–Crippen MR) is 97.7 cm³/mol. The monoisotopic (exact) mass is 353 g/mol. The second kappa shape index (κ2) is 7.31. The number of pyridine rings is 1. The fourth-order valence-corrected chi connectivity index (χ4v) is 2.51. The van der Waals surface area contributed by atoms with Crippen LogP contribution in [0.5, 0.6) is 0 Å². The summed E-state index contributed by atoms with van der Waals surface area (Å²) in [5.41, 5.74) is 3.62. The van der Waals surface area contributed by atoms with Crippen LogP contribution >= 0.6 is 0 Å². The van der Waals surface area contributed by atoms with E-state index in [2.05, 4.69) is 15.6 Å². The van der Waals surface area contributed by atoms with E-state index in [1.807, 2.05) is 32.0 Å². The molecule has 0 aliphatic carbocycles. The van der Waals surface area contributed by atoms with Gasteiger partial charge in [-0.05, 0) is 49.7 Å². The van der Waals surface area contributed by atoms with Gasteiger partial charge in [0.25, 0.3) is 5.91 Å². The molecule has 0 saturated heterocycles. The van der Waals surface area contributed by atoms with Crippen LogP contribution in [0.15, 0.2) is 54.7 Å². The van der Waals surface area contributed by atoms with Crippen LogP contribution < -0.4 is 10.6 Å². The van der Waals surface area contributed by atoms with Gasteiger partial charge in [0.2, 0.25) is 0 Å². The Bertz CT molecular complexity index is 973. The molecule has 0 radical (unpaired) electrons. The number of halogens is 2. The maximum Gasteiger partial charge on any atom is 0.255 e. The van der Waals surface area contributed by atoms with Crippen LogP contribution in [0.3, 0.4) is 0 Å². The molecule has 1 aromatic heterocycles. The molecular formula is C20H17F2N3O. The summed E-state index contributed by atoms with van der Waals surface area (Å²) in [7, 11) is 0. The highest BCUT2D eigenvalue weighted by Gasteiger charge is 2.10. The molecule has 0 saturated carbocycles. The molecule has 4 nitrogen and oxygen atoms in total. The lowest BCUT2D eigenvalue weighted by molar-refractivity contribution is 0.102. The number of rotatable bonds is 4. The largest absolute Gasteiger partial charge is 0.340 e. The Kier molecular flexibility index (Phi) is 4.93. The van der Waals surface area contributed by atoms with E-state index < -0.39 is 17.5 Å². The summed E-state index contributed by atoms with van der Waals surface area (Å²) in [6.07, 6.45) is 1.51. The topological polar surface area (TPSA) is 54.0 Å². The third-order valence-electron chi connectivity index (χ3n) is 3.84. The fourth-order valence-electron chi connectivity index (χ4n) is 2.51. The highest BCUT2D eigenvalue weighted by Crippen LogP contribution is 2.21. The molecule has 0 aliphatic rings. The molecule has 6 heteroatoms. The van der Waals surface area contributed by atoms with E-state index >= 15 is 0 Å². The molecule has 132 valence electrons. The summed E-state index contributed by atoms with van der Waals surface area (Å²) in [5.74, 6) is -1.92. The van der Waals surface area contributed by atoms with Crippen LogP contribution in [0.2, 0.25) is 0 Å². The zero-order valence-corrected chi connectivity index (χ0v) is 14.3. The number of aryl methyl sites for hydroxylation is 2. The first-order chi connectivity index (χ1) is 12.4. The molecule has 0 fully saturated rings. The average Bonchev–Trinajstić information content (AvgIpc) is 2.61. The standard InChI is InChI=1S/C20H17F2N3O/c1-12-3-6-18(13(2)9-12)25-19-10-14(7-8-23-19)20(26)24-15-4-5-16(21)17(22)11-15/h3-11H,1-2H3,(H,23,25)(H,24,26). The quantitative estimate of drug-likeness (QED) is 0.696. The van der Waals surface area contributed by atoms with E-state index in [1.165, 1.54) is 12.3 Å². The summed E-state index contributed by atoms with van der Waals surface area (Å²) in [6, 6.07) is 12.3. The predicted octanol–water partition coefficient (Wildman–Crippen LogP) is 4.97. The summed E-state index contributed by atoms with van der Waals surface area (Å²) in [6.45, 7) is 3.99. The molecule has 0 spiro atoms. The molecular weight excluding hydrogens is 336 g/mol. The number of hydrogen-bond donors (Lipinski definition) is 2. The van der Waals surface area contributed by atoms with Crippen LogP contribution in [0.4, 0.5) is 26.0 Å².